The maximum absolute atomic E-state index is 9.38. The van der Waals surface area contributed by atoms with Gasteiger partial charge < -0.3 is 9.84 Å². The first-order valence-corrected chi connectivity index (χ1v) is 4.54. The van der Waals surface area contributed by atoms with Crippen molar-refractivity contribution >= 4 is 11.6 Å². The molecule has 1 rings (SSSR count). The summed E-state index contributed by atoms with van der Waals surface area (Å²) in [5.74, 6) is 0.813. The third kappa shape index (κ3) is 2.52. The number of hydrogen-bond donors (Lipinski definition) is 1. The van der Waals surface area contributed by atoms with Gasteiger partial charge in [0.1, 0.15) is 11.5 Å². The van der Waals surface area contributed by atoms with Gasteiger partial charge in [-0.3, -0.25) is 0 Å². The number of ether oxygens (including phenoxy) is 1. The first kappa shape index (κ1) is 10.2. The SMILES string of the molecule is Cc1cc(OC(C)C)cc(Cl)c1O. The van der Waals surface area contributed by atoms with Gasteiger partial charge in [-0.05, 0) is 32.4 Å². The average Bonchev–Trinajstić information content (AvgIpc) is 1.98. The van der Waals surface area contributed by atoms with E-state index >= 15 is 0 Å². The number of rotatable bonds is 2. The average molecular weight is 201 g/mol. The number of aromatic hydroxyl groups is 1. The van der Waals surface area contributed by atoms with Crippen molar-refractivity contribution in [2.75, 3.05) is 0 Å². The second-order valence-electron chi connectivity index (χ2n) is 3.24. The molecule has 3 heteroatoms. The lowest BCUT2D eigenvalue weighted by Gasteiger charge is -2.11. The fourth-order valence-electron chi connectivity index (χ4n) is 1.05. The minimum absolute atomic E-state index is 0.111. The highest BCUT2D eigenvalue weighted by Crippen LogP contribution is 2.31. The Hall–Kier alpha value is -0.890. The van der Waals surface area contributed by atoms with Gasteiger partial charge >= 0.3 is 0 Å². The molecular weight excluding hydrogens is 188 g/mol. The van der Waals surface area contributed by atoms with Crippen LogP contribution in [0, 0.1) is 6.92 Å². The Kier molecular flexibility index (Phi) is 3.04. The summed E-state index contributed by atoms with van der Waals surface area (Å²) in [6, 6.07) is 3.38. The fraction of sp³-hybridized carbons (Fsp3) is 0.400. The number of aryl methyl sites for hydroxylation is 1. The van der Waals surface area contributed by atoms with E-state index in [0.29, 0.717) is 10.8 Å². The molecule has 0 aliphatic rings. The van der Waals surface area contributed by atoms with Crippen LogP contribution in [0.4, 0.5) is 0 Å². The van der Waals surface area contributed by atoms with Crippen LogP contribution < -0.4 is 4.74 Å². The van der Waals surface area contributed by atoms with Gasteiger partial charge in [0.05, 0.1) is 11.1 Å². The van der Waals surface area contributed by atoms with Crippen molar-refractivity contribution in [1.29, 1.82) is 0 Å². The van der Waals surface area contributed by atoms with Crippen molar-refractivity contribution in [2.24, 2.45) is 0 Å². The van der Waals surface area contributed by atoms with Gasteiger partial charge in [-0.25, -0.2) is 0 Å². The highest BCUT2D eigenvalue weighted by Gasteiger charge is 2.06. The van der Waals surface area contributed by atoms with Gasteiger partial charge in [0.25, 0.3) is 0 Å². The molecule has 0 fully saturated rings. The van der Waals surface area contributed by atoms with Crippen LogP contribution in [0.3, 0.4) is 0 Å². The molecule has 72 valence electrons. The van der Waals surface area contributed by atoms with E-state index in [1.165, 1.54) is 0 Å². The minimum Gasteiger partial charge on any atom is -0.506 e. The lowest BCUT2D eigenvalue weighted by Crippen LogP contribution is -2.05. The van der Waals surface area contributed by atoms with Gasteiger partial charge in [-0.1, -0.05) is 11.6 Å². The summed E-state index contributed by atoms with van der Waals surface area (Å²) in [6.45, 7) is 5.67. The quantitative estimate of drug-likeness (QED) is 0.795. The zero-order chi connectivity index (χ0) is 10.0. The molecule has 0 bridgehead atoms. The van der Waals surface area contributed by atoms with Gasteiger partial charge in [-0.2, -0.15) is 0 Å². The number of hydrogen-bond acceptors (Lipinski definition) is 2. The molecule has 0 aliphatic heterocycles. The summed E-state index contributed by atoms with van der Waals surface area (Å²) in [5, 5.41) is 9.71. The summed E-state index contributed by atoms with van der Waals surface area (Å²) in [5.41, 5.74) is 0.725. The van der Waals surface area contributed by atoms with Crippen LogP contribution >= 0.6 is 11.6 Å². The Labute approximate surface area is 83.1 Å². The maximum atomic E-state index is 9.38. The third-order valence-electron chi connectivity index (χ3n) is 1.60. The zero-order valence-electron chi connectivity index (χ0n) is 7.97. The van der Waals surface area contributed by atoms with Crippen LogP contribution in [0.5, 0.6) is 11.5 Å². The normalized spacial score (nSPS) is 10.5. The van der Waals surface area contributed by atoms with Gasteiger partial charge in [-0.15, -0.1) is 0 Å². The standard InChI is InChI=1S/C10H13ClO2/c1-6(2)13-8-4-7(3)10(12)9(11)5-8/h4-6,12H,1-3H3. The van der Waals surface area contributed by atoms with Crippen molar-refractivity contribution in [3.05, 3.63) is 22.7 Å². The van der Waals surface area contributed by atoms with E-state index in [9.17, 15) is 5.11 Å². The Morgan fingerprint density at radius 2 is 2.00 bits per heavy atom. The van der Waals surface area contributed by atoms with Crippen molar-refractivity contribution < 1.29 is 9.84 Å². The fourth-order valence-corrected chi connectivity index (χ4v) is 1.30. The molecule has 0 amide bonds. The first-order chi connectivity index (χ1) is 6.00. The lowest BCUT2D eigenvalue weighted by molar-refractivity contribution is 0.242. The van der Waals surface area contributed by atoms with Crippen molar-refractivity contribution in [1.82, 2.24) is 0 Å². The van der Waals surface area contributed by atoms with Crippen LogP contribution in [0.1, 0.15) is 19.4 Å². The summed E-state index contributed by atoms with van der Waals surface area (Å²) < 4.78 is 5.44. The molecule has 0 unspecified atom stereocenters. The smallest absolute Gasteiger partial charge is 0.137 e. The number of phenols is 1. The first-order valence-electron chi connectivity index (χ1n) is 4.16. The number of halogens is 1. The summed E-state index contributed by atoms with van der Waals surface area (Å²) in [6.07, 6.45) is 0.111. The molecule has 1 N–H and O–H groups in total. The molecule has 0 saturated heterocycles. The third-order valence-corrected chi connectivity index (χ3v) is 1.89. The second-order valence-corrected chi connectivity index (χ2v) is 3.64. The highest BCUT2D eigenvalue weighted by atomic mass is 35.5. The Morgan fingerprint density at radius 3 is 2.46 bits per heavy atom. The maximum Gasteiger partial charge on any atom is 0.137 e. The molecule has 0 atom stereocenters. The predicted molar refractivity (Wildman–Crippen MR) is 53.6 cm³/mol. The molecule has 13 heavy (non-hydrogen) atoms. The molecule has 1 aromatic carbocycles. The molecule has 2 nitrogen and oxygen atoms in total. The molecule has 0 spiro atoms. The summed E-state index contributed by atoms with van der Waals surface area (Å²) in [4.78, 5) is 0. The molecule has 0 heterocycles. The van der Waals surface area contributed by atoms with Crippen molar-refractivity contribution in [2.45, 2.75) is 26.9 Å². The summed E-state index contributed by atoms with van der Waals surface area (Å²) in [7, 11) is 0. The second kappa shape index (κ2) is 3.88. The van der Waals surface area contributed by atoms with E-state index < -0.39 is 0 Å². The molecule has 0 radical (unpaired) electrons. The van der Waals surface area contributed by atoms with Gasteiger partial charge in [0.2, 0.25) is 0 Å². The van der Waals surface area contributed by atoms with E-state index in [4.69, 9.17) is 16.3 Å². The molecule has 1 aromatic rings. The molecule has 0 aliphatic carbocycles. The Bertz CT molecular complexity index is 285. The monoisotopic (exact) mass is 200 g/mol. The predicted octanol–water partition coefficient (Wildman–Crippen LogP) is 3.14. The van der Waals surface area contributed by atoms with E-state index in [0.717, 1.165) is 5.56 Å². The topological polar surface area (TPSA) is 29.5 Å². The Balaban J connectivity index is 2.99. The molecular formula is C10H13ClO2. The van der Waals surface area contributed by atoms with Crippen LogP contribution in [0.15, 0.2) is 12.1 Å². The van der Waals surface area contributed by atoms with Crippen LogP contribution in [0.2, 0.25) is 5.02 Å². The number of phenolic OH excluding ortho intramolecular Hbond substituents is 1. The zero-order valence-corrected chi connectivity index (χ0v) is 8.72. The summed E-state index contributed by atoms with van der Waals surface area (Å²) >= 11 is 5.77. The largest absolute Gasteiger partial charge is 0.506 e. The molecule has 0 aromatic heterocycles. The van der Waals surface area contributed by atoms with Crippen molar-refractivity contribution in [3.8, 4) is 11.5 Å². The minimum atomic E-state index is 0.111. The highest BCUT2D eigenvalue weighted by molar-refractivity contribution is 6.32. The van der Waals surface area contributed by atoms with E-state index in [2.05, 4.69) is 0 Å². The van der Waals surface area contributed by atoms with Crippen LogP contribution in [0.25, 0.3) is 0 Å². The van der Waals surface area contributed by atoms with Gasteiger partial charge in [0, 0.05) is 6.07 Å². The van der Waals surface area contributed by atoms with Gasteiger partial charge in [0.15, 0.2) is 0 Å². The lowest BCUT2D eigenvalue weighted by atomic mass is 10.2. The molecule has 0 saturated carbocycles. The number of benzene rings is 1. The Morgan fingerprint density at radius 1 is 1.38 bits per heavy atom. The van der Waals surface area contributed by atoms with E-state index in [-0.39, 0.29) is 11.9 Å². The van der Waals surface area contributed by atoms with Crippen LogP contribution in [-0.4, -0.2) is 11.2 Å². The van der Waals surface area contributed by atoms with E-state index in [1.807, 2.05) is 13.8 Å². The van der Waals surface area contributed by atoms with E-state index in [1.54, 1.807) is 19.1 Å². The van der Waals surface area contributed by atoms with Crippen LogP contribution in [-0.2, 0) is 0 Å². The van der Waals surface area contributed by atoms with Crippen molar-refractivity contribution in [3.63, 3.8) is 0 Å².